The van der Waals surface area contributed by atoms with Crippen LogP contribution in [-0.4, -0.2) is 37.7 Å². The molecule has 1 atom stereocenters. The van der Waals surface area contributed by atoms with Gasteiger partial charge in [0.05, 0.1) is 0 Å². The second kappa shape index (κ2) is 4.41. The van der Waals surface area contributed by atoms with Crippen molar-refractivity contribution in [2.45, 2.75) is 50.6 Å². The average Bonchev–Trinajstić information content (AvgIpc) is 2.85. The van der Waals surface area contributed by atoms with Crippen molar-refractivity contribution in [1.29, 1.82) is 0 Å². The van der Waals surface area contributed by atoms with Crippen molar-refractivity contribution >= 4 is 11.6 Å². The van der Waals surface area contributed by atoms with Gasteiger partial charge in [-0.1, -0.05) is 0 Å². The van der Waals surface area contributed by atoms with Gasteiger partial charge in [-0.15, -0.1) is 0 Å². The van der Waals surface area contributed by atoms with E-state index >= 15 is 0 Å². The summed E-state index contributed by atoms with van der Waals surface area (Å²) in [6.07, 6.45) is 7.91. The summed E-state index contributed by atoms with van der Waals surface area (Å²) in [7, 11) is 0. The largest absolute Gasteiger partial charge is 0.367 e. The Morgan fingerprint density at radius 3 is 3.15 bits per heavy atom. The van der Waals surface area contributed by atoms with E-state index in [2.05, 4.69) is 31.8 Å². The summed E-state index contributed by atoms with van der Waals surface area (Å²) in [6.45, 7) is 3.10. The lowest BCUT2D eigenvalue weighted by atomic mass is 9.70. The Morgan fingerprint density at radius 2 is 2.35 bits per heavy atom. The van der Waals surface area contributed by atoms with Crippen molar-refractivity contribution in [1.82, 2.24) is 24.9 Å². The predicted octanol–water partition coefficient (Wildman–Crippen LogP) is 1.52. The van der Waals surface area contributed by atoms with Gasteiger partial charge in [-0.25, -0.2) is 4.98 Å². The van der Waals surface area contributed by atoms with Crippen molar-refractivity contribution in [3.63, 3.8) is 0 Å². The lowest BCUT2D eigenvalue weighted by Gasteiger charge is -2.48. The number of nitrogens with zero attached hydrogens (tertiary/aromatic N) is 4. The molecule has 3 heterocycles. The molecule has 6 nitrogen and oxygen atoms in total. The SMILES string of the molecule is Cc1cc(NC2CCNC3(CCC3)C2)n2ncnc2n1. The molecule has 2 fully saturated rings. The van der Waals surface area contributed by atoms with Gasteiger partial charge >= 0.3 is 0 Å². The van der Waals surface area contributed by atoms with E-state index in [9.17, 15) is 0 Å². The maximum Gasteiger partial charge on any atom is 0.254 e. The maximum atomic E-state index is 4.38. The number of hydrogen-bond donors (Lipinski definition) is 2. The smallest absolute Gasteiger partial charge is 0.254 e. The number of hydrogen-bond acceptors (Lipinski definition) is 5. The number of nitrogens with one attached hydrogen (secondary N) is 2. The third-order valence-corrected chi connectivity index (χ3v) is 4.67. The first-order chi connectivity index (χ1) is 9.74. The summed E-state index contributed by atoms with van der Waals surface area (Å²) < 4.78 is 1.79. The van der Waals surface area contributed by atoms with Crippen LogP contribution in [-0.2, 0) is 0 Å². The van der Waals surface area contributed by atoms with Gasteiger partial charge in [0.1, 0.15) is 12.1 Å². The van der Waals surface area contributed by atoms with Gasteiger partial charge in [-0.3, -0.25) is 0 Å². The molecule has 4 rings (SSSR count). The second-order valence-corrected chi connectivity index (χ2v) is 6.15. The lowest BCUT2D eigenvalue weighted by molar-refractivity contribution is 0.135. The summed E-state index contributed by atoms with van der Waals surface area (Å²) in [5.74, 6) is 1.67. The van der Waals surface area contributed by atoms with Crippen LogP contribution in [0, 0.1) is 6.92 Å². The summed E-state index contributed by atoms with van der Waals surface area (Å²) in [5.41, 5.74) is 1.37. The zero-order valence-electron chi connectivity index (χ0n) is 11.8. The fraction of sp³-hybridized carbons (Fsp3) is 0.643. The first-order valence-corrected chi connectivity index (χ1v) is 7.43. The number of aryl methyl sites for hydroxylation is 1. The van der Waals surface area contributed by atoms with E-state index in [1.54, 1.807) is 10.8 Å². The first kappa shape index (κ1) is 12.1. The third kappa shape index (κ3) is 1.95. The molecular formula is C14H20N6. The summed E-state index contributed by atoms with van der Waals surface area (Å²) in [4.78, 5) is 8.56. The molecule has 20 heavy (non-hydrogen) atoms. The zero-order chi connectivity index (χ0) is 13.6. The highest BCUT2D eigenvalue weighted by atomic mass is 15.4. The summed E-state index contributed by atoms with van der Waals surface area (Å²) >= 11 is 0. The topological polar surface area (TPSA) is 67.1 Å². The Kier molecular flexibility index (Phi) is 2.66. The van der Waals surface area contributed by atoms with Crippen molar-refractivity contribution < 1.29 is 0 Å². The van der Waals surface area contributed by atoms with Crippen LogP contribution in [0.2, 0.25) is 0 Å². The van der Waals surface area contributed by atoms with Gasteiger partial charge in [0.2, 0.25) is 0 Å². The predicted molar refractivity (Wildman–Crippen MR) is 76.7 cm³/mol. The highest BCUT2D eigenvalue weighted by molar-refractivity contribution is 5.45. The maximum absolute atomic E-state index is 4.38. The third-order valence-electron chi connectivity index (χ3n) is 4.67. The molecule has 6 heteroatoms. The second-order valence-electron chi connectivity index (χ2n) is 6.15. The molecule has 2 N–H and O–H groups in total. The number of aromatic nitrogens is 4. The van der Waals surface area contributed by atoms with Crippen LogP contribution >= 0.6 is 0 Å². The Labute approximate surface area is 118 Å². The normalized spacial score (nSPS) is 24.8. The standard InChI is InChI=1S/C14H20N6/c1-10-7-12(20-13(18-10)15-9-17-20)19-11-3-6-16-14(8-11)4-2-5-14/h7,9,11,16,19H,2-6,8H2,1H3. The fourth-order valence-electron chi connectivity index (χ4n) is 3.51. The minimum Gasteiger partial charge on any atom is -0.367 e. The van der Waals surface area contributed by atoms with Gasteiger partial charge < -0.3 is 10.6 Å². The van der Waals surface area contributed by atoms with Crippen molar-refractivity contribution in [2.24, 2.45) is 0 Å². The van der Waals surface area contributed by atoms with Crippen molar-refractivity contribution in [2.75, 3.05) is 11.9 Å². The monoisotopic (exact) mass is 272 g/mol. The Hall–Kier alpha value is -1.69. The van der Waals surface area contributed by atoms with E-state index in [0.717, 1.165) is 24.5 Å². The molecule has 2 aromatic heterocycles. The fourth-order valence-corrected chi connectivity index (χ4v) is 3.51. The molecule has 2 aliphatic rings. The Morgan fingerprint density at radius 1 is 1.45 bits per heavy atom. The quantitative estimate of drug-likeness (QED) is 0.867. The van der Waals surface area contributed by atoms with Crippen molar-refractivity contribution in [3.8, 4) is 0 Å². The van der Waals surface area contributed by atoms with Gasteiger partial charge in [0, 0.05) is 23.3 Å². The lowest BCUT2D eigenvalue weighted by Crippen LogP contribution is -2.58. The highest BCUT2D eigenvalue weighted by Crippen LogP contribution is 2.38. The molecule has 0 radical (unpaired) electrons. The summed E-state index contributed by atoms with van der Waals surface area (Å²) in [5, 5.41) is 11.6. The molecule has 1 saturated heterocycles. The number of piperidine rings is 1. The van der Waals surface area contributed by atoms with Crippen LogP contribution in [0.5, 0.6) is 0 Å². The van der Waals surface area contributed by atoms with Gasteiger partial charge in [0.15, 0.2) is 0 Å². The summed E-state index contributed by atoms with van der Waals surface area (Å²) in [6, 6.07) is 2.56. The minimum absolute atomic E-state index is 0.402. The Balaban J connectivity index is 1.59. The minimum atomic E-state index is 0.402. The Bertz CT molecular complexity index is 630. The molecule has 1 spiro atoms. The molecule has 106 valence electrons. The van der Waals surface area contributed by atoms with E-state index < -0.39 is 0 Å². The highest BCUT2D eigenvalue weighted by Gasteiger charge is 2.40. The van der Waals surface area contributed by atoms with Crippen LogP contribution in [0.3, 0.4) is 0 Å². The van der Waals surface area contributed by atoms with Gasteiger partial charge in [-0.05, 0) is 45.6 Å². The molecular weight excluding hydrogens is 252 g/mol. The number of fused-ring (bicyclic) bond motifs is 1. The molecule has 1 aliphatic heterocycles. The average molecular weight is 272 g/mol. The molecule has 1 saturated carbocycles. The number of anilines is 1. The zero-order valence-corrected chi connectivity index (χ0v) is 11.8. The van der Waals surface area contributed by atoms with E-state index in [0.29, 0.717) is 17.4 Å². The van der Waals surface area contributed by atoms with Crippen LogP contribution in [0.4, 0.5) is 5.82 Å². The van der Waals surface area contributed by atoms with E-state index in [4.69, 9.17) is 0 Å². The van der Waals surface area contributed by atoms with Crippen LogP contribution < -0.4 is 10.6 Å². The molecule has 2 aromatic rings. The molecule has 0 amide bonds. The van der Waals surface area contributed by atoms with E-state index in [1.807, 2.05) is 6.92 Å². The van der Waals surface area contributed by atoms with Crippen LogP contribution in [0.15, 0.2) is 12.4 Å². The molecule has 0 aromatic carbocycles. The first-order valence-electron chi connectivity index (χ1n) is 7.43. The van der Waals surface area contributed by atoms with Gasteiger partial charge in [-0.2, -0.15) is 14.6 Å². The van der Waals surface area contributed by atoms with E-state index in [-0.39, 0.29) is 0 Å². The van der Waals surface area contributed by atoms with Crippen LogP contribution in [0.25, 0.3) is 5.78 Å². The van der Waals surface area contributed by atoms with Gasteiger partial charge in [0.25, 0.3) is 5.78 Å². The molecule has 1 aliphatic carbocycles. The van der Waals surface area contributed by atoms with E-state index in [1.165, 1.54) is 25.7 Å². The number of rotatable bonds is 2. The molecule has 0 bridgehead atoms. The van der Waals surface area contributed by atoms with Crippen molar-refractivity contribution in [3.05, 3.63) is 18.1 Å². The molecule has 1 unspecified atom stereocenters. The van der Waals surface area contributed by atoms with Crippen LogP contribution in [0.1, 0.15) is 37.8 Å².